The van der Waals surface area contributed by atoms with Crippen molar-refractivity contribution in [1.29, 1.82) is 0 Å². The minimum atomic E-state index is -4.92. The zero-order valence-electron chi connectivity index (χ0n) is 21.6. The summed E-state index contributed by atoms with van der Waals surface area (Å²) >= 11 is 0. The Labute approximate surface area is 221 Å². The lowest BCUT2D eigenvalue weighted by Gasteiger charge is -2.44. The molecule has 1 unspecified atom stereocenters. The molecule has 0 saturated heterocycles. The van der Waals surface area contributed by atoms with E-state index in [0.29, 0.717) is 48.2 Å². The number of benzene rings is 1. The van der Waals surface area contributed by atoms with Crippen LogP contribution in [0.25, 0.3) is 17.2 Å². The number of nitrogens with zero attached hydrogens (tertiary/aromatic N) is 6. The van der Waals surface area contributed by atoms with Gasteiger partial charge in [0.2, 0.25) is 5.88 Å². The van der Waals surface area contributed by atoms with Crippen LogP contribution in [-0.2, 0) is 18.3 Å². The van der Waals surface area contributed by atoms with Gasteiger partial charge in [-0.05, 0) is 63.9 Å². The van der Waals surface area contributed by atoms with E-state index in [-0.39, 0.29) is 18.0 Å². The topological polar surface area (TPSA) is 100 Å². The van der Waals surface area contributed by atoms with Crippen molar-refractivity contribution in [3.63, 3.8) is 0 Å². The molecule has 13 heteroatoms. The van der Waals surface area contributed by atoms with Crippen LogP contribution in [0.2, 0.25) is 0 Å². The Bertz CT molecular complexity index is 1520. The van der Waals surface area contributed by atoms with Gasteiger partial charge in [0, 0.05) is 12.7 Å². The second-order valence-corrected chi connectivity index (χ2v) is 9.88. The number of pyridine rings is 1. The summed E-state index contributed by atoms with van der Waals surface area (Å²) in [6.45, 7) is 5.27. The molecule has 0 saturated carbocycles. The zero-order valence-corrected chi connectivity index (χ0v) is 21.6. The van der Waals surface area contributed by atoms with Gasteiger partial charge in [-0.2, -0.15) is 13.2 Å². The molecule has 1 aliphatic rings. The van der Waals surface area contributed by atoms with Crippen molar-refractivity contribution in [1.82, 2.24) is 29.3 Å². The third-order valence-corrected chi connectivity index (χ3v) is 6.80. The normalized spacial score (nSPS) is 17.7. The highest BCUT2D eigenvalue weighted by molar-refractivity contribution is 5.56. The first kappa shape index (κ1) is 26.6. The third kappa shape index (κ3) is 4.60. The summed E-state index contributed by atoms with van der Waals surface area (Å²) in [5.41, 5.74) is -2.76. The van der Waals surface area contributed by atoms with Crippen molar-refractivity contribution in [2.24, 2.45) is 0 Å². The van der Waals surface area contributed by atoms with Crippen molar-refractivity contribution in [3.05, 3.63) is 65.8 Å². The molecule has 1 aliphatic heterocycles. The van der Waals surface area contributed by atoms with E-state index in [1.807, 2.05) is 13.1 Å². The van der Waals surface area contributed by atoms with E-state index < -0.39 is 28.8 Å². The van der Waals surface area contributed by atoms with Crippen LogP contribution in [-0.4, -0.2) is 47.1 Å². The van der Waals surface area contributed by atoms with Gasteiger partial charge in [-0.15, -0.1) is 10.2 Å². The number of halogens is 4. The number of aryl methyl sites for hydroxylation is 1. The predicted molar refractivity (Wildman–Crippen MR) is 131 cm³/mol. The Morgan fingerprint density at radius 2 is 1.87 bits per heavy atom. The molecule has 4 heterocycles. The standard InChI is InChI=1S/C26H26F4N6O3/c1-15-13-35(14-31-15)20-9-8-19(32-22(20)38-4)21-33-34-23-25(24(2,3)37,10-5-11-36(21)23)39-16-6-7-18(27)17(12-16)26(28,29)30/h6-9,12-14,37H,5,10-11H2,1-4H3. The first-order valence-electron chi connectivity index (χ1n) is 12.1. The molecule has 206 valence electrons. The highest BCUT2D eigenvalue weighted by Gasteiger charge is 2.54. The number of methoxy groups -OCH3 is 1. The molecule has 0 fully saturated rings. The van der Waals surface area contributed by atoms with Crippen LogP contribution in [0.3, 0.4) is 0 Å². The number of aliphatic hydroxyl groups is 1. The number of ether oxygens (including phenoxy) is 2. The Morgan fingerprint density at radius 3 is 2.51 bits per heavy atom. The van der Waals surface area contributed by atoms with Gasteiger partial charge >= 0.3 is 6.18 Å². The van der Waals surface area contributed by atoms with Crippen molar-refractivity contribution in [2.45, 2.75) is 57.5 Å². The highest BCUT2D eigenvalue weighted by Crippen LogP contribution is 2.45. The zero-order chi connectivity index (χ0) is 28.2. The lowest BCUT2D eigenvalue weighted by molar-refractivity contribution is -0.143. The Morgan fingerprint density at radius 1 is 1.10 bits per heavy atom. The molecule has 39 heavy (non-hydrogen) atoms. The van der Waals surface area contributed by atoms with Gasteiger partial charge in [-0.25, -0.2) is 14.4 Å². The van der Waals surface area contributed by atoms with Crippen molar-refractivity contribution in [2.75, 3.05) is 7.11 Å². The maximum atomic E-state index is 13.9. The molecule has 1 atom stereocenters. The summed E-state index contributed by atoms with van der Waals surface area (Å²) in [4.78, 5) is 8.83. The molecule has 1 aromatic carbocycles. The van der Waals surface area contributed by atoms with Crippen LogP contribution >= 0.6 is 0 Å². The molecule has 0 amide bonds. The largest absolute Gasteiger partial charge is 0.479 e. The molecule has 9 nitrogen and oxygen atoms in total. The van der Waals surface area contributed by atoms with Crippen molar-refractivity contribution >= 4 is 0 Å². The molecular weight excluding hydrogens is 520 g/mol. The van der Waals surface area contributed by atoms with E-state index >= 15 is 0 Å². The summed E-state index contributed by atoms with van der Waals surface area (Å²) in [6.07, 6.45) is -0.742. The maximum absolute atomic E-state index is 13.9. The second-order valence-electron chi connectivity index (χ2n) is 9.88. The van der Waals surface area contributed by atoms with E-state index in [9.17, 15) is 22.7 Å². The molecule has 3 aromatic heterocycles. The number of hydrogen-bond donors (Lipinski definition) is 1. The number of rotatable bonds is 6. The summed E-state index contributed by atoms with van der Waals surface area (Å²) in [5, 5.41) is 19.9. The highest BCUT2D eigenvalue weighted by atomic mass is 19.4. The average molecular weight is 547 g/mol. The minimum absolute atomic E-state index is 0.212. The smallest absolute Gasteiger partial charge is 0.419 e. The quantitative estimate of drug-likeness (QED) is 0.346. The first-order chi connectivity index (χ1) is 18.3. The van der Waals surface area contributed by atoms with Gasteiger partial charge in [0.15, 0.2) is 17.2 Å². The maximum Gasteiger partial charge on any atom is 0.419 e. The van der Waals surface area contributed by atoms with Crippen LogP contribution in [0, 0.1) is 12.7 Å². The number of alkyl halides is 3. The van der Waals surface area contributed by atoms with Crippen molar-refractivity contribution < 1.29 is 32.1 Å². The number of hydrogen-bond acceptors (Lipinski definition) is 7. The molecule has 4 aromatic rings. The number of imidazole rings is 1. The van der Waals surface area contributed by atoms with Gasteiger partial charge in [0.1, 0.15) is 28.5 Å². The Kier molecular flexibility index (Phi) is 6.36. The van der Waals surface area contributed by atoms with Crippen LogP contribution in [0.5, 0.6) is 11.6 Å². The van der Waals surface area contributed by atoms with Crippen LogP contribution in [0.15, 0.2) is 42.9 Å². The van der Waals surface area contributed by atoms with Crippen LogP contribution < -0.4 is 9.47 Å². The molecule has 0 spiro atoms. The van der Waals surface area contributed by atoms with E-state index in [0.717, 1.165) is 11.8 Å². The van der Waals surface area contributed by atoms with E-state index in [4.69, 9.17) is 9.47 Å². The van der Waals surface area contributed by atoms with Gasteiger partial charge in [-0.3, -0.25) is 0 Å². The van der Waals surface area contributed by atoms with Crippen LogP contribution in [0.1, 0.15) is 43.8 Å². The number of aromatic nitrogens is 6. The van der Waals surface area contributed by atoms with Crippen molar-refractivity contribution in [3.8, 4) is 28.8 Å². The SMILES string of the molecule is COc1nc(-c2nnc3n2CCCC3(Oc2ccc(F)c(C(F)(F)F)c2)C(C)(C)O)ccc1-n1cnc(C)c1. The fourth-order valence-corrected chi connectivity index (χ4v) is 4.85. The molecule has 0 bridgehead atoms. The van der Waals surface area contributed by atoms with E-state index in [2.05, 4.69) is 20.2 Å². The third-order valence-electron chi connectivity index (χ3n) is 6.80. The summed E-state index contributed by atoms with van der Waals surface area (Å²) < 4.78 is 69.2. The first-order valence-corrected chi connectivity index (χ1v) is 12.1. The molecule has 1 N–H and O–H groups in total. The molecule has 0 radical (unpaired) electrons. The fourth-order valence-electron chi connectivity index (χ4n) is 4.85. The van der Waals surface area contributed by atoms with Gasteiger partial charge in [0.25, 0.3) is 0 Å². The summed E-state index contributed by atoms with van der Waals surface area (Å²) in [5.74, 6) is -0.791. The van der Waals surface area contributed by atoms with Gasteiger partial charge in [0.05, 0.1) is 24.7 Å². The molecule has 5 rings (SSSR count). The lowest BCUT2D eigenvalue weighted by atomic mass is 9.79. The Hall–Kier alpha value is -4.00. The monoisotopic (exact) mass is 546 g/mol. The molecule has 0 aliphatic carbocycles. The van der Waals surface area contributed by atoms with Crippen LogP contribution in [0.4, 0.5) is 17.6 Å². The lowest BCUT2D eigenvalue weighted by Crippen LogP contribution is -2.55. The van der Waals surface area contributed by atoms with E-state index in [1.165, 1.54) is 21.0 Å². The average Bonchev–Trinajstić information content (AvgIpc) is 3.50. The predicted octanol–water partition coefficient (Wildman–Crippen LogP) is 4.84. The fraction of sp³-hybridized carbons (Fsp3) is 0.385. The minimum Gasteiger partial charge on any atom is -0.479 e. The molecular formula is C26H26F4N6O3. The Balaban J connectivity index is 1.59. The summed E-state index contributed by atoms with van der Waals surface area (Å²) in [6, 6.07) is 5.90. The number of fused-ring (bicyclic) bond motifs is 1. The second kappa shape index (κ2) is 9.33. The summed E-state index contributed by atoms with van der Waals surface area (Å²) in [7, 11) is 1.49. The van der Waals surface area contributed by atoms with E-state index in [1.54, 1.807) is 27.6 Å². The van der Waals surface area contributed by atoms with Gasteiger partial charge < -0.3 is 23.7 Å². The van der Waals surface area contributed by atoms with Gasteiger partial charge in [-0.1, -0.05) is 0 Å².